The fraction of sp³-hybridized carbons (Fsp3) is 0.500. The summed E-state index contributed by atoms with van der Waals surface area (Å²) < 4.78 is 7.72. The number of hydrogen-bond acceptors (Lipinski definition) is 3. The van der Waals surface area contributed by atoms with E-state index >= 15 is 0 Å². The van der Waals surface area contributed by atoms with Crippen LogP contribution in [0.25, 0.3) is 0 Å². The minimum atomic E-state index is -0.0276. The van der Waals surface area contributed by atoms with Gasteiger partial charge in [0.2, 0.25) is 0 Å². The average Bonchev–Trinajstić information content (AvgIpc) is 2.93. The van der Waals surface area contributed by atoms with Gasteiger partial charge in [0.25, 0.3) is 5.91 Å². The number of carbonyl (C=O) groups excluding carboxylic acids is 1. The highest BCUT2D eigenvalue weighted by Crippen LogP contribution is 2.24. The predicted molar refractivity (Wildman–Crippen MR) is 97.9 cm³/mol. The molecule has 5 nitrogen and oxygen atoms in total. The van der Waals surface area contributed by atoms with Crippen LogP contribution in [0, 0.1) is 13.8 Å². The molecular weight excluding hydrogens is 314 g/mol. The Hall–Kier alpha value is -2.14. The molecular formula is C20H27N3O2. The molecule has 1 aromatic heterocycles. The molecule has 1 aliphatic rings. The second kappa shape index (κ2) is 7.40. The average molecular weight is 341 g/mol. The standard InChI is InChI=1S/C20H27N3O2/c1-13(2)23-19-6-8-25-12-17(19)18(22-23)5-7-21-20(24)16-10-14(3)9-15(4)11-16/h9-11,13H,5-8,12H2,1-4H3,(H,21,24). The van der Waals surface area contributed by atoms with E-state index in [1.165, 1.54) is 11.3 Å². The fourth-order valence-corrected chi connectivity index (χ4v) is 3.46. The first kappa shape index (κ1) is 17.7. The smallest absolute Gasteiger partial charge is 0.251 e. The number of amides is 1. The molecule has 0 atom stereocenters. The van der Waals surface area contributed by atoms with Crippen LogP contribution in [0.4, 0.5) is 0 Å². The van der Waals surface area contributed by atoms with E-state index in [-0.39, 0.29) is 5.91 Å². The zero-order valence-corrected chi connectivity index (χ0v) is 15.6. The fourth-order valence-electron chi connectivity index (χ4n) is 3.46. The van der Waals surface area contributed by atoms with Gasteiger partial charge in [0.05, 0.1) is 18.9 Å². The van der Waals surface area contributed by atoms with Crippen molar-refractivity contribution in [1.82, 2.24) is 15.1 Å². The van der Waals surface area contributed by atoms with Crippen molar-refractivity contribution in [2.75, 3.05) is 13.2 Å². The minimum Gasteiger partial charge on any atom is -0.376 e. The van der Waals surface area contributed by atoms with Crippen molar-refractivity contribution in [3.8, 4) is 0 Å². The maximum absolute atomic E-state index is 12.4. The van der Waals surface area contributed by atoms with Crippen molar-refractivity contribution in [2.45, 2.75) is 53.2 Å². The Labute approximate surface area is 149 Å². The van der Waals surface area contributed by atoms with Crippen molar-refractivity contribution in [3.63, 3.8) is 0 Å². The summed E-state index contributed by atoms with van der Waals surface area (Å²) in [5.41, 5.74) is 6.47. The van der Waals surface area contributed by atoms with Crippen LogP contribution in [-0.2, 0) is 24.2 Å². The molecule has 2 aromatic rings. The van der Waals surface area contributed by atoms with Crippen LogP contribution < -0.4 is 5.32 Å². The van der Waals surface area contributed by atoms with Gasteiger partial charge in [-0.15, -0.1) is 0 Å². The zero-order valence-electron chi connectivity index (χ0n) is 15.6. The first-order chi connectivity index (χ1) is 12.0. The van der Waals surface area contributed by atoms with E-state index in [1.54, 1.807) is 0 Å². The van der Waals surface area contributed by atoms with Crippen molar-refractivity contribution < 1.29 is 9.53 Å². The van der Waals surface area contributed by atoms with Gasteiger partial charge in [-0.05, 0) is 39.8 Å². The number of fused-ring (bicyclic) bond motifs is 1. The summed E-state index contributed by atoms with van der Waals surface area (Å²) in [5, 5.41) is 7.79. The number of carbonyl (C=O) groups is 1. The first-order valence-corrected chi connectivity index (χ1v) is 8.99. The summed E-state index contributed by atoms with van der Waals surface area (Å²) in [6, 6.07) is 6.25. The number of nitrogens with one attached hydrogen (secondary N) is 1. The number of rotatable bonds is 5. The van der Waals surface area contributed by atoms with E-state index in [2.05, 4.69) is 29.9 Å². The molecule has 0 radical (unpaired) electrons. The Morgan fingerprint density at radius 1 is 1.28 bits per heavy atom. The van der Waals surface area contributed by atoms with Gasteiger partial charge in [-0.1, -0.05) is 17.2 Å². The van der Waals surface area contributed by atoms with Crippen molar-refractivity contribution in [3.05, 3.63) is 51.8 Å². The highest BCUT2D eigenvalue weighted by molar-refractivity contribution is 5.94. The number of hydrogen-bond donors (Lipinski definition) is 1. The quantitative estimate of drug-likeness (QED) is 0.909. The molecule has 0 fully saturated rings. The number of nitrogens with zero attached hydrogens (tertiary/aromatic N) is 2. The summed E-state index contributed by atoms with van der Waals surface area (Å²) in [5.74, 6) is -0.0276. The molecule has 5 heteroatoms. The molecule has 0 saturated carbocycles. The maximum atomic E-state index is 12.4. The number of ether oxygens (including phenoxy) is 1. The number of aromatic nitrogens is 2. The van der Waals surface area contributed by atoms with Crippen LogP contribution in [0.15, 0.2) is 18.2 Å². The Balaban J connectivity index is 1.67. The summed E-state index contributed by atoms with van der Waals surface area (Å²) in [7, 11) is 0. The SMILES string of the molecule is Cc1cc(C)cc(C(=O)NCCc2nn(C(C)C)c3c2COCC3)c1. The van der Waals surface area contributed by atoms with Gasteiger partial charge in [0, 0.05) is 42.2 Å². The lowest BCUT2D eigenvalue weighted by atomic mass is 10.1. The summed E-state index contributed by atoms with van der Waals surface area (Å²) >= 11 is 0. The molecule has 0 unspecified atom stereocenters. The van der Waals surface area contributed by atoms with Crippen LogP contribution in [0.5, 0.6) is 0 Å². The predicted octanol–water partition coefficient (Wildman–Crippen LogP) is 3.13. The van der Waals surface area contributed by atoms with Gasteiger partial charge >= 0.3 is 0 Å². The van der Waals surface area contributed by atoms with E-state index in [0.29, 0.717) is 19.2 Å². The second-order valence-electron chi connectivity index (χ2n) is 7.10. The molecule has 1 N–H and O–H groups in total. The van der Waals surface area contributed by atoms with E-state index in [0.717, 1.165) is 41.8 Å². The first-order valence-electron chi connectivity index (χ1n) is 8.99. The van der Waals surface area contributed by atoms with E-state index in [4.69, 9.17) is 9.84 Å². The lowest BCUT2D eigenvalue weighted by Gasteiger charge is -2.16. The van der Waals surface area contributed by atoms with E-state index in [9.17, 15) is 4.79 Å². The Morgan fingerprint density at radius 2 is 2.00 bits per heavy atom. The zero-order chi connectivity index (χ0) is 18.0. The molecule has 0 aliphatic carbocycles. The number of benzene rings is 1. The summed E-state index contributed by atoms with van der Waals surface area (Å²) in [4.78, 5) is 12.4. The molecule has 0 bridgehead atoms. The Kier molecular flexibility index (Phi) is 5.23. The third-order valence-corrected chi connectivity index (χ3v) is 4.55. The van der Waals surface area contributed by atoms with Gasteiger partial charge in [-0.2, -0.15) is 5.10 Å². The van der Waals surface area contributed by atoms with Gasteiger partial charge in [-0.3, -0.25) is 9.48 Å². The van der Waals surface area contributed by atoms with Crippen molar-refractivity contribution >= 4 is 5.91 Å². The van der Waals surface area contributed by atoms with Crippen LogP contribution >= 0.6 is 0 Å². The molecule has 0 saturated heterocycles. The summed E-state index contributed by atoms with van der Waals surface area (Å²) in [6.07, 6.45) is 1.64. The van der Waals surface area contributed by atoms with Crippen molar-refractivity contribution in [1.29, 1.82) is 0 Å². The highest BCUT2D eigenvalue weighted by atomic mass is 16.5. The lowest BCUT2D eigenvalue weighted by Crippen LogP contribution is -2.26. The van der Waals surface area contributed by atoms with Gasteiger partial charge in [0.1, 0.15) is 0 Å². The molecule has 1 aromatic carbocycles. The Bertz CT molecular complexity index is 757. The van der Waals surface area contributed by atoms with Gasteiger partial charge < -0.3 is 10.1 Å². The van der Waals surface area contributed by atoms with Crippen LogP contribution in [-0.4, -0.2) is 28.8 Å². The second-order valence-corrected chi connectivity index (χ2v) is 7.10. The van der Waals surface area contributed by atoms with Crippen LogP contribution in [0.1, 0.15) is 58.3 Å². The molecule has 0 spiro atoms. The van der Waals surface area contributed by atoms with Crippen molar-refractivity contribution in [2.24, 2.45) is 0 Å². The summed E-state index contributed by atoms with van der Waals surface area (Å²) in [6.45, 7) is 10.3. The lowest BCUT2D eigenvalue weighted by molar-refractivity contribution is 0.0953. The van der Waals surface area contributed by atoms with Crippen LogP contribution in [0.2, 0.25) is 0 Å². The molecule has 134 valence electrons. The van der Waals surface area contributed by atoms with Gasteiger partial charge in [-0.25, -0.2) is 0 Å². The monoisotopic (exact) mass is 341 g/mol. The normalized spacial score (nSPS) is 13.8. The van der Waals surface area contributed by atoms with E-state index in [1.807, 2.05) is 26.0 Å². The Morgan fingerprint density at radius 3 is 2.68 bits per heavy atom. The minimum absolute atomic E-state index is 0.0276. The molecule has 3 rings (SSSR count). The molecule has 1 amide bonds. The van der Waals surface area contributed by atoms with Gasteiger partial charge in [0.15, 0.2) is 0 Å². The maximum Gasteiger partial charge on any atom is 0.251 e. The topological polar surface area (TPSA) is 56.2 Å². The largest absolute Gasteiger partial charge is 0.376 e. The highest BCUT2D eigenvalue weighted by Gasteiger charge is 2.22. The number of aryl methyl sites for hydroxylation is 2. The van der Waals surface area contributed by atoms with Crippen LogP contribution in [0.3, 0.4) is 0 Å². The van der Waals surface area contributed by atoms with E-state index < -0.39 is 0 Å². The molecule has 2 heterocycles. The third kappa shape index (κ3) is 3.93. The molecule has 1 aliphatic heterocycles. The molecule has 25 heavy (non-hydrogen) atoms. The third-order valence-electron chi connectivity index (χ3n) is 4.55.